The fraction of sp³-hybridized carbons (Fsp3) is 0.158. The van der Waals surface area contributed by atoms with Crippen LogP contribution in [0.3, 0.4) is 0 Å². The Kier molecular flexibility index (Phi) is 4.61. The summed E-state index contributed by atoms with van der Waals surface area (Å²) in [7, 11) is 1.59. The molecule has 2 aromatic rings. The quantitative estimate of drug-likeness (QED) is 0.623. The van der Waals surface area contributed by atoms with Crippen molar-refractivity contribution in [2.45, 2.75) is 13.5 Å². The molecule has 0 bridgehead atoms. The summed E-state index contributed by atoms with van der Waals surface area (Å²) in [5.74, 6) is 1.17. The number of nitrogens with zero attached hydrogens (tertiary/aromatic N) is 1. The molecule has 3 rings (SSSR count). The predicted octanol–water partition coefficient (Wildman–Crippen LogP) is 3.59. The van der Waals surface area contributed by atoms with Gasteiger partial charge in [-0.15, -0.1) is 0 Å². The molecule has 122 valence electrons. The predicted molar refractivity (Wildman–Crippen MR) is 90.9 cm³/mol. The van der Waals surface area contributed by atoms with Crippen molar-refractivity contribution in [1.29, 1.82) is 0 Å². The van der Waals surface area contributed by atoms with E-state index in [1.165, 1.54) is 0 Å². The third-order valence-electron chi connectivity index (χ3n) is 3.47. The van der Waals surface area contributed by atoms with E-state index in [9.17, 15) is 4.79 Å². The molecule has 1 aliphatic heterocycles. The second-order valence-electron chi connectivity index (χ2n) is 5.23. The molecular formula is C19H17NO4. The van der Waals surface area contributed by atoms with Gasteiger partial charge in [0.2, 0.25) is 0 Å². The number of ether oxygens (including phenoxy) is 3. The Hall–Kier alpha value is -3.08. The van der Waals surface area contributed by atoms with Gasteiger partial charge in [0.15, 0.2) is 11.6 Å². The molecule has 0 aromatic heterocycles. The van der Waals surface area contributed by atoms with Gasteiger partial charge >= 0.3 is 5.97 Å². The highest BCUT2D eigenvalue weighted by molar-refractivity contribution is 6.06. The molecule has 5 heteroatoms. The highest BCUT2D eigenvalue weighted by Gasteiger charge is 2.20. The molecule has 0 aliphatic carbocycles. The van der Waals surface area contributed by atoms with Crippen LogP contribution in [0.25, 0.3) is 6.08 Å². The first-order valence-electron chi connectivity index (χ1n) is 7.49. The first-order valence-corrected chi connectivity index (χ1v) is 7.49. The number of aliphatic imine (C=N–C) groups is 1. The van der Waals surface area contributed by atoms with Gasteiger partial charge in [-0.1, -0.05) is 30.3 Å². The lowest BCUT2D eigenvalue weighted by molar-refractivity contribution is -0.130. The molecule has 0 N–H and O–H groups in total. The van der Waals surface area contributed by atoms with Crippen molar-refractivity contribution in [3.05, 3.63) is 65.4 Å². The second kappa shape index (κ2) is 7.00. The molecule has 0 radical (unpaired) electrons. The van der Waals surface area contributed by atoms with Crippen molar-refractivity contribution >= 4 is 17.9 Å². The first-order chi connectivity index (χ1) is 11.7. The third kappa shape index (κ3) is 3.63. The van der Waals surface area contributed by atoms with Gasteiger partial charge in [0.05, 0.1) is 7.11 Å². The number of methoxy groups -OCH3 is 1. The van der Waals surface area contributed by atoms with Crippen molar-refractivity contribution in [2.24, 2.45) is 4.99 Å². The normalized spacial score (nSPS) is 15.2. The van der Waals surface area contributed by atoms with Gasteiger partial charge in [-0.05, 0) is 29.8 Å². The van der Waals surface area contributed by atoms with Crippen LogP contribution in [-0.4, -0.2) is 19.0 Å². The second-order valence-corrected chi connectivity index (χ2v) is 5.23. The van der Waals surface area contributed by atoms with Crippen LogP contribution in [0.1, 0.15) is 18.1 Å². The maximum atomic E-state index is 11.8. The average Bonchev–Trinajstić information content (AvgIpc) is 2.92. The largest absolute Gasteiger partial charge is 0.497 e. The van der Waals surface area contributed by atoms with Crippen LogP contribution in [0.4, 0.5) is 0 Å². The van der Waals surface area contributed by atoms with E-state index in [2.05, 4.69) is 4.99 Å². The number of rotatable bonds is 5. The Morgan fingerprint density at radius 3 is 2.62 bits per heavy atom. The molecule has 0 saturated carbocycles. The first kappa shape index (κ1) is 15.8. The lowest BCUT2D eigenvalue weighted by Gasteiger charge is -2.11. The van der Waals surface area contributed by atoms with Crippen molar-refractivity contribution in [1.82, 2.24) is 0 Å². The van der Waals surface area contributed by atoms with Crippen molar-refractivity contribution in [2.75, 3.05) is 7.11 Å². The zero-order valence-corrected chi connectivity index (χ0v) is 13.5. The average molecular weight is 323 g/mol. The summed E-state index contributed by atoms with van der Waals surface area (Å²) in [6.45, 7) is 2.06. The minimum absolute atomic E-state index is 0.241. The summed E-state index contributed by atoms with van der Waals surface area (Å²) in [4.78, 5) is 15.8. The number of cyclic esters (lactones) is 1. The van der Waals surface area contributed by atoms with Crippen LogP contribution in [0.5, 0.6) is 11.5 Å². The molecule has 1 aliphatic rings. The molecule has 5 nitrogen and oxygen atoms in total. The van der Waals surface area contributed by atoms with Crippen LogP contribution in [-0.2, 0) is 16.1 Å². The van der Waals surface area contributed by atoms with Gasteiger partial charge in [-0.25, -0.2) is 9.79 Å². The van der Waals surface area contributed by atoms with Gasteiger partial charge in [0.1, 0.15) is 18.1 Å². The number of hydrogen-bond acceptors (Lipinski definition) is 5. The van der Waals surface area contributed by atoms with E-state index in [4.69, 9.17) is 14.2 Å². The molecule has 0 atom stereocenters. The summed E-state index contributed by atoms with van der Waals surface area (Å²) < 4.78 is 16.1. The molecule has 0 saturated heterocycles. The van der Waals surface area contributed by atoms with Crippen LogP contribution in [0.2, 0.25) is 0 Å². The van der Waals surface area contributed by atoms with Gasteiger partial charge in [-0.3, -0.25) is 0 Å². The fourth-order valence-corrected chi connectivity index (χ4v) is 2.30. The van der Waals surface area contributed by atoms with E-state index in [1.807, 2.05) is 42.5 Å². The highest BCUT2D eigenvalue weighted by atomic mass is 16.6. The minimum Gasteiger partial charge on any atom is -0.497 e. The SMILES string of the molecule is COc1ccc(OCc2ccccc2)c(C=C2N=C(C)OC2=O)c1. The fourth-order valence-electron chi connectivity index (χ4n) is 2.30. The third-order valence-corrected chi connectivity index (χ3v) is 3.47. The van der Waals surface area contributed by atoms with Crippen molar-refractivity contribution in [3.8, 4) is 11.5 Å². The number of hydrogen-bond donors (Lipinski definition) is 0. The Morgan fingerprint density at radius 1 is 1.17 bits per heavy atom. The molecule has 24 heavy (non-hydrogen) atoms. The van der Waals surface area contributed by atoms with Crippen molar-refractivity contribution in [3.63, 3.8) is 0 Å². The lowest BCUT2D eigenvalue weighted by Crippen LogP contribution is -2.01. The summed E-state index contributed by atoms with van der Waals surface area (Å²) in [5, 5.41) is 0. The van der Waals surface area contributed by atoms with E-state index in [1.54, 1.807) is 26.2 Å². The van der Waals surface area contributed by atoms with Gasteiger partial charge in [-0.2, -0.15) is 0 Å². The zero-order chi connectivity index (χ0) is 16.9. The Labute approximate surface area is 140 Å². The van der Waals surface area contributed by atoms with E-state index in [-0.39, 0.29) is 5.70 Å². The number of esters is 1. The van der Waals surface area contributed by atoms with Gasteiger partial charge in [0, 0.05) is 12.5 Å². The molecule has 2 aromatic carbocycles. The van der Waals surface area contributed by atoms with E-state index in [0.29, 0.717) is 29.6 Å². The Bertz CT molecular complexity index is 809. The van der Waals surface area contributed by atoms with Crippen LogP contribution in [0.15, 0.2) is 59.2 Å². The van der Waals surface area contributed by atoms with E-state index >= 15 is 0 Å². The summed E-state index contributed by atoms with van der Waals surface area (Å²) in [6, 6.07) is 15.3. The molecular weight excluding hydrogens is 306 g/mol. The lowest BCUT2D eigenvalue weighted by atomic mass is 10.1. The minimum atomic E-state index is -0.468. The van der Waals surface area contributed by atoms with E-state index < -0.39 is 5.97 Å². The summed E-state index contributed by atoms with van der Waals surface area (Å²) >= 11 is 0. The van der Waals surface area contributed by atoms with E-state index in [0.717, 1.165) is 5.56 Å². The summed E-state index contributed by atoms with van der Waals surface area (Å²) in [6.07, 6.45) is 1.64. The monoisotopic (exact) mass is 323 g/mol. The van der Waals surface area contributed by atoms with Crippen molar-refractivity contribution < 1.29 is 19.0 Å². The Morgan fingerprint density at radius 2 is 1.96 bits per heavy atom. The smallest absolute Gasteiger partial charge is 0.363 e. The molecule has 1 heterocycles. The highest BCUT2D eigenvalue weighted by Crippen LogP contribution is 2.28. The number of benzene rings is 2. The molecule has 0 unspecified atom stereocenters. The van der Waals surface area contributed by atoms with Gasteiger partial charge in [0.25, 0.3) is 0 Å². The standard InChI is InChI=1S/C19H17NO4/c1-13-20-17(19(21)24-13)11-15-10-16(22-2)8-9-18(15)23-12-14-6-4-3-5-7-14/h3-11H,12H2,1-2H3. The van der Waals surface area contributed by atoms with Crippen LogP contribution in [0, 0.1) is 0 Å². The number of carbonyl (C=O) groups excluding carboxylic acids is 1. The molecule has 0 spiro atoms. The number of carbonyl (C=O) groups is 1. The van der Waals surface area contributed by atoms with Crippen LogP contribution >= 0.6 is 0 Å². The topological polar surface area (TPSA) is 57.1 Å². The maximum absolute atomic E-state index is 11.8. The Balaban J connectivity index is 1.89. The summed E-state index contributed by atoms with van der Waals surface area (Å²) in [5.41, 5.74) is 2.00. The van der Waals surface area contributed by atoms with Gasteiger partial charge < -0.3 is 14.2 Å². The maximum Gasteiger partial charge on any atom is 0.363 e. The zero-order valence-electron chi connectivity index (χ0n) is 13.5. The molecule has 0 fully saturated rings. The molecule has 0 amide bonds. The van der Waals surface area contributed by atoms with Crippen LogP contribution < -0.4 is 9.47 Å².